The summed E-state index contributed by atoms with van der Waals surface area (Å²) >= 11 is 0. The van der Waals surface area contributed by atoms with Crippen LogP contribution in [-0.4, -0.2) is 27.5 Å². The summed E-state index contributed by atoms with van der Waals surface area (Å²) in [6, 6.07) is 1.66. The van der Waals surface area contributed by atoms with Crippen molar-refractivity contribution >= 4 is 11.9 Å². The minimum Gasteiger partial charge on any atom is -0.480 e. The summed E-state index contributed by atoms with van der Waals surface area (Å²) in [7, 11) is 0. The number of carbonyl (C=O) groups excluding carboxylic acids is 1. The van der Waals surface area contributed by atoms with Crippen LogP contribution in [0.15, 0.2) is 18.3 Å². The van der Waals surface area contributed by atoms with Crippen molar-refractivity contribution in [3.05, 3.63) is 29.6 Å². The van der Waals surface area contributed by atoms with E-state index in [1.807, 2.05) is 0 Å². The third-order valence-electron chi connectivity index (χ3n) is 3.29. The Kier molecular flexibility index (Phi) is 3.41. The van der Waals surface area contributed by atoms with Crippen LogP contribution in [-0.2, 0) is 11.0 Å². The third kappa shape index (κ3) is 2.59. The first kappa shape index (κ1) is 14.3. The highest BCUT2D eigenvalue weighted by molar-refractivity contribution is 5.97. The van der Waals surface area contributed by atoms with Crippen molar-refractivity contribution in [3.63, 3.8) is 0 Å². The van der Waals surface area contributed by atoms with Crippen LogP contribution >= 0.6 is 0 Å². The Morgan fingerprint density at radius 2 is 1.95 bits per heavy atom. The highest BCUT2D eigenvalue weighted by atomic mass is 19.4. The lowest BCUT2D eigenvalue weighted by atomic mass is 9.76. The molecular formula is C12H11F3N2O3. The lowest BCUT2D eigenvalue weighted by molar-refractivity contribution is -0.148. The van der Waals surface area contributed by atoms with Gasteiger partial charge in [-0.2, -0.15) is 13.2 Å². The molecule has 0 unspecified atom stereocenters. The quantitative estimate of drug-likeness (QED) is 0.889. The van der Waals surface area contributed by atoms with Crippen LogP contribution in [0, 0.1) is 0 Å². The smallest absolute Gasteiger partial charge is 0.433 e. The zero-order valence-corrected chi connectivity index (χ0v) is 10.2. The number of nitrogens with one attached hydrogen (secondary N) is 1. The summed E-state index contributed by atoms with van der Waals surface area (Å²) in [4.78, 5) is 26.1. The Labute approximate surface area is 111 Å². The second-order valence-electron chi connectivity index (χ2n) is 4.62. The molecule has 0 spiro atoms. The largest absolute Gasteiger partial charge is 0.480 e. The van der Waals surface area contributed by atoms with Crippen molar-refractivity contribution in [2.24, 2.45) is 0 Å². The molecular weight excluding hydrogens is 277 g/mol. The van der Waals surface area contributed by atoms with E-state index in [4.69, 9.17) is 5.11 Å². The molecule has 0 radical (unpaired) electrons. The number of carbonyl (C=O) groups is 2. The summed E-state index contributed by atoms with van der Waals surface area (Å²) in [6.07, 6.45) is -2.50. The summed E-state index contributed by atoms with van der Waals surface area (Å²) in [6.45, 7) is 0. The summed E-state index contributed by atoms with van der Waals surface area (Å²) in [5.74, 6) is -1.88. The molecule has 1 aliphatic rings. The minimum atomic E-state index is -4.58. The molecule has 20 heavy (non-hydrogen) atoms. The molecule has 0 atom stereocenters. The molecule has 108 valence electrons. The Hall–Kier alpha value is -2.12. The molecule has 1 aromatic rings. The minimum absolute atomic E-state index is 0.106. The lowest BCUT2D eigenvalue weighted by Gasteiger charge is -2.38. The fourth-order valence-corrected chi connectivity index (χ4v) is 1.91. The van der Waals surface area contributed by atoms with Crippen LogP contribution in [0.3, 0.4) is 0 Å². The number of carboxylic acid groups (broad SMARTS) is 1. The van der Waals surface area contributed by atoms with Gasteiger partial charge >= 0.3 is 12.1 Å². The van der Waals surface area contributed by atoms with E-state index in [1.165, 1.54) is 0 Å². The monoisotopic (exact) mass is 288 g/mol. The molecule has 2 rings (SSSR count). The number of hydrogen-bond donors (Lipinski definition) is 2. The number of alkyl halides is 3. The van der Waals surface area contributed by atoms with Crippen molar-refractivity contribution in [1.29, 1.82) is 0 Å². The Balaban J connectivity index is 2.12. The number of amides is 1. The van der Waals surface area contributed by atoms with Gasteiger partial charge < -0.3 is 10.4 Å². The molecule has 1 aromatic heterocycles. The Bertz CT molecular complexity index is 536. The van der Waals surface area contributed by atoms with Gasteiger partial charge in [-0.1, -0.05) is 0 Å². The van der Waals surface area contributed by atoms with E-state index in [-0.39, 0.29) is 5.56 Å². The maximum absolute atomic E-state index is 12.3. The standard InChI is InChI=1S/C12H11F3N2O3/c13-12(14,15)8-3-2-7(6-16-8)9(18)17-11(10(19)20)4-1-5-11/h2-3,6H,1,4-5H2,(H,17,18)(H,19,20). The van der Waals surface area contributed by atoms with E-state index in [9.17, 15) is 22.8 Å². The van der Waals surface area contributed by atoms with Crippen LogP contribution in [0.5, 0.6) is 0 Å². The highest BCUT2D eigenvalue weighted by Crippen LogP contribution is 2.32. The summed E-state index contributed by atoms with van der Waals surface area (Å²) in [5.41, 5.74) is -2.52. The number of aromatic nitrogens is 1. The van der Waals surface area contributed by atoms with Crippen LogP contribution in [0.1, 0.15) is 35.3 Å². The highest BCUT2D eigenvalue weighted by Gasteiger charge is 2.45. The van der Waals surface area contributed by atoms with E-state index < -0.39 is 29.3 Å². The SMILES string of the molecule is O=C(NC1(C(=O)O)CCC1)c1ccc(C(F)(F)F)nc1. The van der Waals surface area contributed by atoms with Gasteiger partial charge in [0.2, 0.25) is 0 Å². The number of halogens is 3. The predicted octanol–water partition coefficient (Wildman–Crippen LogP) is 1.84. The van der Waals surface area contributed by atoms with Gasteiger partial charge in [0.1, 0.15) is 11.2 Å². The van der Waals surface area contributed by atoms with Crippen LogP contribution in [0.2, 0.25) is 0 Å². The number of nitrogens with zero attached hydrogens (tertiary/aromatic N) is 1. The molecule has 1 saturated carbocycles. The molecule has 8 heteroatoms. The lowest BCUT2D eigenvalue weighted by Crippen LogP contribution is -2.59. The zero-order chi connectivity index (χ0) is 15.0. The van der Waals surface area contributed by atoms with E-state index in [0.29, 0.717) is 25.3 Å². The number of aliphatic carboxylic acids is 1. The molecule has 0 bridgehead atoms. The normalized spacial score (nSPS) is 17.1. The maximum atomic E-state index is 12.3. The molecule has 5 nitrogen and oxygen atoms in total. The van der Waals surface area contributed by atoms with Gasteiger partial charge in [0.05, 0.1) is 5.56 Å². The van der Waals surface area contributed by atoms with E-state index >= 15 is 0 Å². The topological polar surface area (TPSA) is 79.3 Å². The van der Waals surface area contributed by atoms with Gasteiger partial charge in [-0.3, -0.25) is 9.78 Å². The van der Waals surface area contributed by atoms with Gasteiger partial charge in [0.15, 0.2) is 0 Å². The van der Waals surface area contributed by atoms with Crippen LogP contribution in [0.25, 0.3) is 0 Å². The van der Waals surface area contributed by atoms with Crippen molar-refractivity contribution in [2.75, 3.05) is 0 Å². The third-order valence-corrected chi connectivity index (χ3v) is 3.29. The molecule has 1 amide bonds. The van der Waals surface area contributed by atoms with Crippen molar-refractivity contribution < 1.29 is 27.9 Å². The molecule has 1 heterocycles. The fraction of sp³-hybridized carbons (Fsp3) is 0.417. The zero-order valence-electron chi connectivity index (χ0n) is 10.2. The number of rotatable bonds is 3. The van der Waals surface area contributed by atoms with E-state index in [1.54, 1.807) is 0 Å². The molecule has 0 aromatic carbocycles. The van der Waals surface area contributed by atoms with Crippen LogP contribution in [0.4, 0.5) is 13.2 Å². The second-order valence-corrected chi connectivity index (χ2v) is 4.62. The van der Waals surface area contributed by atoms with Crippen molar-refractivity contribution in [3.8, 4) is 0 Å². The first-order chi connectivity index (χ1) is 9.24. The fourth-order valence-electron chi connectivity index (χ4n) is 1.91. The van der Waals surface area contributed by atoms with Gasteiger partial charge in [-0.15, -0.1) is 0 Å². The maximum Gasteiger partial charge on any atom is 0.433 e. The predicted molar refractivity (Wildman–Crippen MR) is 60.9 cm³/mol. The van der Waals surface area contributed by atoms with Crippen LogP contribution < -0.4 is 5.32 Å². The van der Waals surface area contributed by atoms with Gasteiger partial charge in [-0.05, 0) is 31.4 Å². The molecule has 1 aliphatic carbocycles. The number of carboxylic acids is 1. The average Bonchev–Trinajstić information content (AvgIpc) is 2.32. The molecule has 0 aliphatic heterocycles. The van der Waals surface area contributed by atoms with E-state index in [0.717, 1.165) is 12.3 Å². The first-order valence-corrected chi connectivity index (χ1v) is 5.84. The molecule has 2 N–H and O–H groups in total. The van der Waals surface area contributed by atoms with Crippen molar-refractivity contribution in [1.82, 2.24) is 10.3 Å². The molecule has 0 saturated heterocycles. The summed E-state index contributed by atoms with van der Waals surface area (Å²) < 4.78 is 37.0. The first-order valence-electron chi connectivity index (χ1n) is 5.84. The van der Waals surface area contributed by atoms with Gasteiger partial charge in [-0.25, -0.2) is 4.79 Å². The molecule has 1 fully saturated rings. The average molecular weight is 288 g/mol. The number of hydrogen-bond acceptors (Lipinski definition) is 3. The number of pyridine rings is 1. The van der Waals surface area contributed by atoms with E-state index in [2.05, 4.69) is 10.3 Å². The summed E-state index contributed by atoms with van der Waals surface area (Å²) in [5, 5.41) is 11.4. The Morgan fingerprint density at radius 3 is 2.30 bits per heavy atom. The van der Waals surface area contributed by atoms with Gasteiger partial charge in [0.25, 0.3) is 5.91 Å². The second kappa shape index (κ2) is 4.77. The van der Waals surface area contributed by atoms with Gasteiger partial charge in [0, 0.05) is 6.20 Å². The Morgan fingerprint density at radius 1 is 1.30 bits per heavy atom. The van der Waals surface area contributed by atoms with Crippen molar-refractivity contribution in [2.45, 2.75) is 31.0 Å².